The van der Waals surface area contributed by atoms with Gasteiger partial charge in [-0.05, 0) is 36.8 Å². The van der Waals surface area contributed by atoms with Gasteiger partial charge in [0.2, 0.25) is 5.88 Å². The number of amides is 2. The van der Waals surface area contributed by atoms with E-state index in [-0.39, 0.29) is 12.1 Å². The van der Waals surface area contributed by atoms with E-state index in [0.29, 0.717) is 30.5 Å². The van der Waals surface area contributed by atoms with E-state index in [0.717, 1.165) is 28.2 Å². The van der Waals surface area contributed by atoms with Crippen LogP contribution in [0.3, 0.4) is 0 Å². The summed E-state index contributed by atoms with van der Waals surface area (Å²) in [5.41, 5.74) is 4.48. The summed E-state index contributed by atoms with van der Waals surface area (Å²) in [6.45, 7) is 2.78. The number of fused-ring (bicyclic) bond motifs is 1. The zero-order chi connectivity index (χ0) is 25.9. The first-order valence-corrected chi connectivity index (χ1v) is 12.0. The number of methoxy groups -OCH3 is 1. The second kappa shape index (κ2) is 10.2. The van der Waals surface area contributed by atoms with Crippen LogP contribution < -0.4 is 14.8 Å². The highest BCUT2D eigenvalue weighted by Crippen LogP contribution is 2.33. The number of rotatable bonds is 5. The van der Waals surface area contributed by atoms with E-state index in [2.05, 4.69) is 10.3 Å². The van der Waals surface area contributed by atoms with Crippen LogP contribution in [-0.2, 0) is 6.54 Å². The number of imidazole rings is 1. The maximum Gasteiger partial charge on any atom is 0.319 e. The highest BCUT2D eigenvalue weighted by Gasteiger charge is 2.29. The van der Waals surface area contributed by atoms with Gasteiger partial charge < -0.3 is 29.2 Å². The number of carbonyl (C=O) groups excluding carboxylic acids is 1. The summed E-state index contributed by atoms with van der Waals surface area (Å²) in [5.74, 6) is 1.84. The minimum absolute atomic E-state index is 0.0696. The molecular formula is C28H30N6O3. The van der Waals surface area contributed by atoms with Gasteiger partial charge in [0.05, 0.1) is 37.9 Å². The summed E-state index contributed by atoms with van der Waals surface area (Å²) in [5, 5.41) is 3.36. The van der Waals surface area contributed by atoms with Gasteiger partial charge in [0.1, 0.15) is 17.7 Å². The van der Waals surface area contributed by atoms with Crippen LogP contribution in [0.15, 0.2) is 73.2 Å². The Balaban J connectivity index is 1.44. The van der Waals surface area contributed by atoms with E-state index in [1.54, 1.807) is 37.3 Å². The number of pyridine rings is 1. The first-order valence-electron chi connectivity index (χ1n) is 12.0. The normalized spacial score (nSPS) is 14.8. The molecule has 0 bridgehead atoms. The molecular weight excluding hydrogens is 468 g/mol. The first kappa shape index (κ1) is 24.2. The lowest BCUT2D eigenvalue weighted by Gasteiger charge is -2.26. The molecule has 1 N–H and O–H groups in total. The fourth-order valence-corrected chi connectivity index (χ4v) is 4.34. The highest BCUT2D eigenvalue weighted by atomic mass is 16.5. The van der Waals surface area contributed by atoms with Crippen molar-refractivity contribution in [3.63, 3.8) is 0 Å². The van der Waals surface area contributed by atoms with Gasteiger partial charge in [-0.1, -0.05) is 30.3 Å². The van der Waals surface area contributed by atoms with Crippen molar-refractivity contribution in [2.75, 3.05) is 33.1 Å². The number of nitrogens with zero attached hydrogens (tertiary/aromatic N) is 5. The summed E-state index contributed by atoms with van der Waals surface area (Å²) < 4.78 is 14.0. The molecule has 0 fully saturated rings. The zero-order valence-electron chi connectivity index (χ0n) is 21.4. The second-order valence-electron chi connectivity index (χ2n) is 9.17. The molecule has 2 aromatic carbocycles. The van der Waals surface area contributed by atoms with E-state index in [1.165, 1.54) is 0 Å². The van der Waals surface area contributed by atoms with Crippen LogP contribution in [0.4, 0.5) is 16.3 Å². The topological polar surface area (TPSA) is 84.7 Å². The third-order valence-electron chi connectivity index (χ3n) is 6.21. The van der Waals surface area contributed by atoms with Gasteiger partial charge in [0.25, 0.3) is 0 Å². The summed E-state index contributed by atoms with van der Waals surface area (Å²) in [4.78, 5) is 25.3. The summed E-state index contributed by atoms with van der Waals surface area (Å²) in [7, 11) is 5.15. The van der Waals surface area contributed by atoms with Gasteiger partial charge in [-0.3, -0.25) is 0 Å². The average Bonchev–Trinajstić information content (AvgIpc) is 3.24. The maximum atomic E-state index is 12.9. The van der Waals surface area contributed by atoms with Crippen LogP contribution >= 0.6 is 0 Å². The monoisotopic (exact) mass is 498 g/mol. The predicted molar refractivity (Wildman–Crippen MR) is 142 cm³/mol. The van der Waals surface area contributed by atoms with Gasteiger partial charge in [-0.15, -0.1) is 0 Å². The van der Waals surface area contributed by atoms with Crippen molar-refractivity contribution >= 4 is 17.5 Å². The number of hydrogen-bond donors (Lipinski definition) is 1. The number of benzene rings is 2. The van der Waals surface area contributed by atoms with Crippen molar-refractivity contribution in [1.82, 2.24) is 24.3 Å². The Bertz CT molecular complexity index is 1400. The van der Waals surface area contributed by atoms with Crippen molar-refractivity contribution < 1.29 is 14.3 Å². The maximum absolute atomic E-state index is 12.9. The van der Waals surface area contributed by atoms with Crippen molar-refractivity contribution in [1.29, 1.82) is 0 Å². The fraction of sp³-hybridized carbons (Fsp3) is 0.250. The van der Waals surface area contributed by atoms with Gasteiger partial charge in [-0.2, -0.15) is 4.98 Å². The summed E-state index contributed by atoms with van der Waals surface area (Å²) >= 11 is 0. The Morgan fingerprint density at radius 1 is 1.14 bits per heavy atom. The molecule has 1 atom stereocenters. The Morgan fingerprint density at radius 2 is 1.95 bits per heavy atom. The largest absolute Gasteiger partial charge is 0.494 e. The molecule has 9 heteroatoms. The quantitative estimate of drug-likeness (QED) is 0.419. The Hall–Kier alpha value is -4.53. The number of aromatic nitrogens is 3. The second-order valence-corrected chi connectivity index (χ2v) is 9.17. The molecule has 9 nitrogen and oxygen atoms in total. The minimum atomic E-state index is -0.341. The van der Waals surface area contributed by atoms with Crippen molar-refractivity contribution in [3.8, 4) is 17.3 Å². The standard InChI is InChI=1S/C28H30N6O3/c1-19-15-34(18-29-19)23-12-11-22(14-24(23)36-4)30-26-13-10-21-16-33(28(35)32(2)3)17-25(37-27(21)31-26)20-8-6-5-7-9-20/h5-15,18,25H,16-17H2,1-4H3,(H,30,31). The molecule has 0 spiro atoms. The van der Waals surface area contributed by atoms with E-state index in [1.807, 2.05) is 78.4 Å². The third kappa shape index (κ3) is 5.20. The average molecular weight is 499 g/mol. The molecule has 1 aliphatic heterocycles. The van der Waals surface area contributed by atoms with E-state index in [4.69, 9.17) is 14.5 Å². The van der Waals surface area contributed by atoms with Gasteiger partial charge in [0, 0.05) is 37.6 Å². The lowest BCUT2D eigenvalue weighted by molar-refractivity contribution is 0.132. The number of anilines is 2. The molecule has 1 unspecified atom stereocenters. The van der Waals surface area contributed by atoms with Crippen LogP contribution in [0.2, 0.25) is 0 Å². The van der Waals surface area contributed by atoms with E-state index in [9.17, 15) is 4.79 Å². The molecule has 3 heterocycles. The molecule has 0 radical (unpaired) electrons. The van der Waals surface area contributed by atoms with Crippen LogP contribution in [0, 0.1) is 6.92 Å². The smallest absolute Gasteiger partial charge is 0.319 e. The third-order valence-corrected chi connectivity index (χ3v) is 6.21. The van der Waals surface area contributed by atoms with Gasteiger partial charge in [0.15, 0.2) is 0 Å². The lowest BCUT2D eigenvalue weighted by atomic mass is 10.1. The number of hydrogen-bond acceptors (Lipinski definition) is 6. The van der Waals surface area contributed by atoms with Crippen molar-refractivity contribution in [2.45, 2.75) is 19.6 Å². The first-order chi connectivity index (χ1) is 17.9. The van der Waals surface area contributed by atoms with E-state index >= 15 is 0 Å². The Kier molecular flexibility index (Phi) is 6.68. The van der Waals surface area contributed by atoms with E-state index < -0.39 is 0 Å². The summed E-state index contributed by atoms with van der Waals surface area (Å²) in [6.07, 6.45) is 3.37. The summed E-state index contributed by atoms with van der Waals surface area (Å²) in [6, 6.07) is 19.5. The number of aryl methyl sites for hydroxylation is 1. The lowest BCUT2D eigenvalue weighted by Crippen LogP contribution is -2.40. The highest BCUT2D eigenvalue weighted by molar-refractivity contribution is 5.74. The molecule has 4 aromatic rings. The van der Waals surface area contributed by atoms with Crippen LogP contribution in [0.5, 0.6) is 11.6 Å². The Morgan fingerprint density at radius 3 is 2.65 bits per heavy atom. The molecule has 0 saturated heterocycles. The molecule has 5 rings (SSSR count). The molecule has 0 saturated carbocycles. The molecule has 190 valence electrons. The molecule has 2 amide bonds. The predicted octanol–water partition coefficient (Wildman–Crippen LogP) is 4.95. The van der Waals surface area contributed by atoms with Crippen LogP contribution in [-0.4, -0.2) is 58.1 Å². The van der Waals surface area contributed by atoms with Gasteiger partial charge >= 0.3 is 6.03 Å². The minimum Gasteiger partial charge on any atom is -0.494 e. The molecule has 2 aromatic heterocycles. The number of ether oxygens (including phenoxy) is 2. The fourth-order valence-electron chi connectivity index (χ4n) is 4.34. The SMILES string of the molecule is COc1cc(Nc2ccc3c(n2)OC(c2ccccc2)CN(C(=O)N(C)C)C3)ccc1-n1cnc(C)c1. The van der Waals surface area contributed by atoms with Crippen molar-refractivity contribution in [2.24, 2.45) is 0 Å². The molecule has 37 heavy (non-hydrogen) atoms. The molecule has 1 aliphatic rings. The number of urea groups is 1. The van der Waals surface area contributed by atoms with Crippen molar-refractivity contribution in [3.05, 3.63) is 90.0 Å². The molecule has 0 aliphatic carbocycles. The number of carbonyl (C=O) groups is 1. The van der Waals surface area contributed by atoms with Gasteiger partial charge in [-0.25, -0.2) is 9.78 Å². The Labute approximate surface area is 216 Å². The van der Waals surface area contributed by atoms with Crippen LogP contribution in [0.25, 0.3) is 5.69 Å². The number of nitrogens with one attached hydrogen (secondary N) is 1. The van der Waals surface area contributed by atoms with Crippen LogP contribution in [0.1, 0.15) is 22.9 Å². The zero-order valence-corrected chi connectivity index (χ0v) is 21.4.